The van der Waals surface area contributed by atoms with E-state index in [1.165, 1.54) is 5.52 Å². The second-order valence-corrected chi connectivity index (χ2v) is 4.64. The van der Waals surface area contributed by atoms with E-state index in [0.29, 0.717) is 6.04 Å². The van der Waals surface area contributed by atoms with Crippen molar-refractivity contribution in [3.05, 3.63) is 30.1 Å². The lowest BCUT2D eigenvalue weighted by atomic mass is 10.3. The fourth-order valence-electron chi connectivity index (χ4n) is 1.78. The monoisotopic (exact) mass is 217 g/mol. The second kappa shape index (κ2) is 4.26. The Bertz CT molecular complexity index is 485. The topological polar surface area (TPSA) is 21.1 Å². The molecule has 3 heteroatoms. The van der Waals surface area contributed by atoms with Gasteiger partial charge < -0.3 is 9.47 Å². The molecule has 86 valence electrons. The van der Waals surface area contributed by atoms with Crippen LogP contribution in [-0.4, -0.2) is 34.6 Å². The Morgan fingerprint density at radius 2 is 2.06 bits per heavy atom. The van der Waals surface area contributed by atoms with E-state index >= 15 is 0 Å². The molecule has 2 aromatic rings. The first-order chi connectivity index (χ1) is 7.58. The Labute approximate surface area is 96.7 Å². The van der Waals surface area contributed by atoms with Gasteiger partial charge in [-0.2, -0.15) is 0 Å². The van der Waals surface area contributed by atoms with Crippen molar-refractivity contribution in [2.24, 2.45) is 0 Å². The summed E-state index contributed by atoms with van der Waals surface area (Å²) in [5.41, 5.74) is 3.39. The summed E-state index contributed by atoms with van der Waals surface area (Å²) in [7, 11) is 4.22. The van der Waals surface area contributed by atoms with Crippen LogP contribution in [0.2, 0.25) is 0 Å². The Morgan fingerprint density at radius 1 is 1.31 bits per heavy atom. The van der Waals surface area contributed by atoms with Crippen molar-refractivity contribution in [1.29, 1.82) is 0 Å². The molecule has 0 radical (unpaired) electrons. The summed E-state index contributed by atoms with van der Waals surface area (Å²) in [6, 6.07) is 6.83. The van der Waals surface area contributed by atoms with Crippen LogP contribution in [0.1, 0.15) is 12.6 Å². The first-order valence-corrected chi connectivity index (χ1v) is 5.67. The van der Waals surface area contributed by atoms with E-state index in [9.17, 15) is 0 Å². The van der Waals surface area contributed by atoms with Crippen LogP contribution in [0, 0.1) is 6.92 Å². The third-order valence-electron chi connectivity index (χ3n) is 3.11. The zero-order chi connectivity index (χ0) is 11.7. The van der Waals surface area contributed by atoms with Gasteiger partial charge in [-0.3, -0.25) is 4.98 Å². The quantitative estimate of drug-likeness (QED) is 0.786. The third kappa shape index (κ3) is 2.09. The Kier molecular flexibility index (Phi) is 2.97. The van der Waals surface area contributed by atoms with Gasteiger partial charge in [0.1, 0.15) is 0 Å². The van der Waals surface area contributed by atoms with E-state index < -0.39 is 0 Å². The minimum absolute atomic E-state index is 0.525. The molecule has 1 atom stereocenters. The second-order valence-electron chi connectivity index (χ2n) is 4.64. The number of nitrogens with zero attached hydrogens (tertiary/aromatic N) is 3. The number of fused-ring (bicyclic) bond motifs is 1. The zero-order valence-corrected chi connectivity index (χ0v) is 10.4. The normalized spacial score (nSPS) is 13.6. The van der Waals surface area contributed by atoms with Crippen molar-refractivity contribution in [2.75, 3.05) is 14.1 Å². The summed E-state index contributed by atoms with van der Waals surface area (Å²) >= 11 is 0. The number of aryl methyl sites for hydroxylation is 1. The lowest BCUT2D eigenvalue weighted by Crippen LogP contribution is -2.28. The highest BCUT2D eigenvalue weighted by atomic mass is 15.1. The van der Waals surface area contributed by atoms with Crippen LogP contribution < -0.4 is 0 Å². The molecule has 3 nitrogen and oxygen atoms in total. The average Bonchev–Trinajstić information content (AvgIpc) is 2.60. The van der Waals surface area contributed by atoms with Crippen LogP contribution in [0.15, 0.2) is 24.4 Å². The summed E-state index contributed by atoms with van der Waals surface area (Å²) in [5.74, 6) is 0. The Morgan fingerprint density at radius 3 is 2.75 bits per heavy atom. The molecule has 2 heterocycles. The van der Waals surface area contributed by atoms with Gasteiger partial charge in [0.25, 0.3) is 0 Å². The number of hydrogen-bond acceptors (Lipinski definition) is 2. The predicted octanol–water partition coefficient (Wildman–Crippen LogP) is 2.29. The van der Waals surface area contributed by atoms with Crippen LogP contribution in [0.5, 0.6) is 0 Å². The van der Waals surface area contributed by atoms with Gasteiger partial charge in [-0.1, -0.05) is 0 Å². The standard InChI is InChI=1S/C13H19N3/c1-10-5-6-13-12(14-10)7-8-16(13)9-11(2)15(3)4/h5-8,11H,9H2,1-4H3/t11-/m1/s1. The molecule has 2 rings (SSSR count). The molecule has 0 aromatic carbocycles. The molecule has 0 unspecified atom stereocenters. The summed E-state index contributed by atoms with van der Waals surface area (Å²) in [6.45, 7) is 5.26. The van der Waals surface area contributed by atoms with Gasteiger partial charge >= 0.3 is 0 Å². The molecule has 0 aliphatic carbocycles. The van der Waals surface area contributed by atoms with E-state index in [4.69, 9.17) is 0 Å². The first kappa shape index (κ1) is 11.1. The van der Waals surface area contributed by atoms with Gasteiger partial charge in [-0.25, -0.2) is 0 Å². The fourth-order valence-corrected chi connectivity index (χ4v) is 1.78. The van der Waals surface area contributed by atoms with Crippen molar-refractivity contribution in [2.45, 2.75) is 26.4 Å². The molecule has 16 heavy (non-hydrogen) atoms. The van der Waals surface area contributed by atoms with Gasteiger partial charge in [0.15, 0.2) is 0 Å². The first-order valence-electron chi connectivity index (χ1n) is 5.67. The highest BCUT2D eigenvalue weighted by Crippen LogP contribution is 2.15. The fraction of sp³-hybridized carbons (Fsp3) is 0.462. The smallest absolute Gasteiger partial charge is 0.0884 e. The van der Waals surface area contributed by atoms with Crippen LogP contribution in [0.4, 0.5) is 0 Å². The van der Waals surface area contributed by atoms with Crippen molar-refractivity contribution < 1.29 is 0 Å². The van der Waals surface area contributed by atoms with Crippen molar-refractivity contribution >= 4 is 11.0 Å². The maximum atomic E-state index is 4.51. The lowest BCUT2D eigenvalue weighted by molar-refractivity contribution is 0.286. The predicted molar refractivity (Wildman–Crippen MR) is 67.6 cm³/mol. The summed E-state index contributed by atoms with van der Waals surface area (Å²) in [5, 5.41) is 0. The molecular weight excluding hydrogens is 198 g/mol. The van der Waals surface area contributed by atoms with E-state index in [2.05, 4.69) is 59.9 Å². The number of hydrogen-bond donors (Lipinski definition) is 0. The van der Waals surface area contributed by atoms with Crippen LogP contribution in [0.25, 0.3) is 11.0 Å². The molecule has 0 aliphatic heterocycles. The molecular formula is C13H19N3. The number of likely N-dealkylation sites (N-methyl/N-ethyl adjacent to an activating group) is 1. The van der Waals surface area contributed by atoms with Crippen LogP contribution in [-0.2, 0) is 6.54 Å². The summed E-state index contributed by atoms with van der Waals surface area (Å²) in [6.07, 6.45) is 2.12. The molecule has 0 aliphatic rings. The maximum absolute atomic E-state index is 4.51. The molecule has 0 saturated heterocycles. The molecule has 0 saturated carbocycles. The largest absolute Gasteiger partial charge is 0.345 e. The number of pyridine rings is 1. The van der Waals surface area contributed by atoms with E-state index in [1.54, 1.807) is 0 Å². The third-order valence-corrected chi connectivity index (χ3v) is 3.11. The molecule has 0 N–H and O–H groups in total. The highest BCUT2D eigenvalue weighted by Gasteiger charge is 2.08. The maximum Gasteiger partial charge on any atom is 0.0884 e. The molecule has 0 fully saturated rings. The minimum atomic E-state index is 0.525. The zero-order valence-electron chi connectivity index (χ0n) is 10.4. The highest BCUT2D eigenvalue weighted by molar-refractivity contribution is 5.75. The molecule has 0 bridgehead atoms. The Hall–Kier alpha value is -1.35. The minimum Gasteiger partial charge on any atom is -0.345 e. The molecule has 0 spiro atoms. The number of aromatic nitrogens is 2. The van der Waals surface area contributed by atoms with Crippen molar-refractivity contribution in [3.63, 3.8) is 0 Å². The van der Waals surface area contributed by atoms with E-state index in [1.807, 2.05) is 6.92 Å². The van der Waals surface area contributed by atoms with E-state index in [0.717, 1.165) is 17.8 Å². The van der Waals surface area contributed by atoms with Crippen molar-refractivity contribution in [1.82, 2.24) is 14.5 Å². The van der Waals surface area contributed by atoms with Crippen molar-refractivity contribution in [3.8, 4) is 0 Å². The number of rotatable bonds is 3. The lowest BCUT2D eigenvalue weighted by Gasteiger charge is -2.20. The van der Waals surface area contributed by atoms with Gasteiger partial charge in [0.05, 0.1) is 11.0 Å². The van der Waals surface area contributed by atoms with Crippen LogP contribution >= 0.6 is 0 Å². The summed E-state index contributed by atoms with van der Waals surface area (Å²) < 4.78 is 2.27. The van der Waals surface area contributed by atoms with Gasteiger partial charge in [0, 0.05) is 24.5 Å². The van der Waals surface area contributed by atoms with Crippen LogP contribution in [0.3, 0.4) is 0 Å². The average molecular weight is 217 g/mol. The van der Waals surface area contributed by atoms with Gasteiger partial charge in [0.2, 0.25) is 0 Å². The van der Waals surface area contributed by atoms with Gasteiger partial charge in [-0.15, -0.1) is 0 Å². The van der Waals surface area contributed by atoms with Gasteiger partial charge in [-0.05, 0) is 46.1 Å². The molecule has 0 amide bonds. The molecule has 2 aromatic heterocycles. The van der Waals surface area contributed by atoms with E-state index in [-0.39, 0.29) is 0 Å². The summed E-state index contributed by atoms with van der Waals surface area (Å²) in [4.78, 5) is 6.74. The Balaban J connectivity index is 2.32. The SMILES string of the molecule is Cc1ccc2c(ccn2C[C@@H](C)N(C)C)n1.